The van der Waals surface area contributed by atoms with E-state index in [1.165, 1.54) is 38.5 Å². The average Bonchev–Trinajstić information content (AvgIpc) is 3.16. The summed E-state index contributed by atoms with van der Waals surface area (Å²) in [6.45, 7) is 13.0. The van der Waals surface area contributed by atoms with E-state index in [-0.39, 0.29) is 24.0 Å². The van der Waals surface area contributed by atoms with E-state index in [0.717, 1.165) is 45.2 Å². The lowest BCUT2D eigenvalue weighted by Gasteiger charge is -2.54. The van der Waals surface area contributed by atoms with Crippen molar-refractivity contribution in [3.63, 3.8) is 0 Å². The molecule has 0 aromatic rings. The number of ether oxygens (including phenoxy) is 1. The number of rotatable bonds is 7. The van der Waals surface area contributed by atoms with E-state index in [9.17, 15) is 0 Å². The smallest absolute Gasteiger partial charge is 0.191 e. The molecule has 0 bridgehead atoms. The van der Waals surface area contributed by atoms with Crippen molar-refractivity contribution in [2.45, 2.75) is 77.0 Å². The van der Waals surface area contributed by atoms with Gasteiger partial charge in [-0.2, -0.15) is 0 Å². The number of nitrogens with zero attached hydrogens (tertiary/aromatic N) is 2. The van der Waals surface area contributed by atoms with Crippen LogP contribution in [0.3, 0.4) is 0 Å². The molecular formula is C21H39IN4O. The number of hydrogen-bond donors (Lipinski definition) is 2. The van der Waals surface area contributed by atoms with Gasteiger partial charge in [-0.3, -0.25) is 9.89 Å². The largest absolute Gasteiger partial charge is 0.378 e. The van der Waals surface area contributed by atoms with Gasteiger partial charge >= 0.3 is 0 Å². The van der Waals surface area contributed by atoms with Crippen molar-refractivity contribution < 1.29 is 4.74 Å². The number of aliphatic imine (C=N–C) groups is 1. The Morgan fingerprint density at radius 2 is 1.93 bits per heavy atom. The van der Waals surface area contributed by atoms with Crippen LogP contribution in [-0.4, -0.2) is 61.8 Å². The molecule has 0 radical (unpaired) electrons. The number of guanidine groups is 1. The standard InChI is InChI=1S/C21H38N4O.HI/c1-4-13-25-14-9-17(10-15-25)23-20(22-5-2)24-18-16-19(26-6-3)21(18)11-7-8-12-21;/h4,17-19H,1,5-16H2,2-3H3,(H2,22,23,24);1H. The Kier molecular flexibility index (Phi) is 9.35. The summed E-state index contributed by atoms with van der Waals surface area (Å²) in [7, 11) is 0. The first kappa shape index (κ1) is 22.9. The molecule has 2 atom stereocenters. The summed E-state index contributed by atoms with van der Waals surface area (Å²) in [5, 5.41) is 7.51. The van der Waals surface area contributed by atoms with Crippen molar-refractivity contribution >= 4 is 29.9 Å². The van der Waals surface area contributed by atoms with Crippen molar-refractivity contribution in [3.8, 4) is 0 Å². The Morgan fingerprint density at radius 3 is 2.52 bits per heavy atom. The van der Waals surface area contributed by atoms with Gasteiger partial charge in [0.25, 0.3) is 0 Å². The normalized spacial score (nSPS) is 28.4. The number of nitrogens with one attached hydrogen (secondary N) is 2. The third kappa shape index (κ3) is 5.38. The molecule has 2 N–H and O–H groups in total. The number of hydrogen-bond acceptors (Lipinski definition) is 3. The van der Waals surface area contributed by atoms with Gasteiger partial charge in [-0.1, -0.05) is 18.9 Å². The van der Waals surface area contributed by atoms with Gasteiger partial charge in [0.2, 0.25) is 0 Å². The zero-order valence-electron chi connectivity index (χ0n) is 17.2. The Labute approximate surface area is 182 Å². The fourth-order valence-electron chi connectivity index (χ4n) is 5.18. The van der Waals surface area contributed by atoms with E-state index in [1.54, 1.807) is 0 Å². The highest BCUT2D eigenvalue weighted by molar-refractivity contribution is 14.0. The van der Waals surface area contributed by atoms with E-state index in [1.807, 2.05) is 6.08 Å². The molecule has 0 aromatic heterocycles. The second-order valence-electron chi connectivity index (χ2n) is 8.15. The van der Waals surface area contributed by atoms with Gasteiger partial charge in [-0.15, -0.1) is 30.6 Å². The number of halogens is 1. The van der Waals surface area contributed by atoms with E-state index >= 15 is 0 Å². The van der Waals surface area contributed by atoms with E-state index < -0.39 is 0 Å². The van der Waals surface area contributed by atoms with Gasteiger partial charge in [0, 0.05) is 50.3 Å². The highest BCUT2D eigenvalue weighted by Crippen LogP contribution is 2.54. The van der Waals surface area contributed by atoms with Crippen molar-refractivity contribution in [2.75, 3.05) is 32.8 Å². The predicted molar refractivity (Wildman–Crippen MR) is 124 cm³/mol. The van der Waals surface area contributed by atoms with Crippen LogP contribution in [0.5, 0.6) is 0 Å². The zero-order valence-corrected chi connectivity index (χ0v) is 19.5. The molecule has 156 valence electrons. The fourth-order valence-corrected chi connectivity index (χ4v) is 5.18. The molecule has 3 fully saturated rings. The molecule has 0 amide bonds. The van der Waals surface area contributed by atoms with Crippen LogP contribution in [-0.2, 0) is 4.74 Å². The lowest BCUT2D eigenvalue weighted by molar-refractivity contribution is -0.125. The third-order valence-corrected chi connectivity index (χ3v) is 6.63. The molecular weight excluding hydrogens is 451 g/mol. The minimum atomic E-state index is 0. The molecule has 2 saturated carbocycles. The van der Waals surface area contributed by atoms with Gasteiger partial charge in [-0.25, -0.2) is 0 Å². The topological polar surface area (TPSA) is 48.9 Å². The molecule has 1 saturated heterocycles. The molecule has 6 heteroatoms. The molecule has 5 nitrogen and oxygen atoms in total. The number of likely N-dealkylation sites (tertiary alicyclic amines) is 1. The molecule has 3 rings (SSSR count). The van der Waals surface area contributed by atoms with Crippen LogP contribution in [0.25, 0.3) is 0 Å². The Bertz CT molecular complexity index is 485. The fraction of sp³-hybridized carbons (Fsp3) is 0.857. The summed E-state index contributed by atoms with van der Waals surface area (Å²) in [5.74, 6) is 1.01. The predicted octanol–water partition coefficient (Wildman–Crippen LogP) is 3.55. The van der Waals surface area contributed by atoms with Crippen LogP contribution in [0.15, 0.2) is 17.6 Å². The molecule has 3 aliphatic rings. The summed E-state index contributed by atoms with van der Waals surface area (Å²) in [5.41, 5.74) is 0.347. The third-order valence-electron chi connectivity index (χ3n) is 6.63. The second-order valence-corrected chi connectivity index (χ2v) is 8.15. The van der Waals surface area contributed by atoms with Crippen LogP contribution in [0.1, 0.15) is 58.8 Å². The minimum absolute atomic E-state index is 0. The molecule has 1 spiro atoms. The summed E-state index contributed by atoms with van der Waals surface area (Å²) in [4.78, 5) is 7.22. The lowest BCUT2D eigenvalue weighted by Crippen LogP contribution is -2.65. The molecule has 2 aliphatic carbocycles. The lowest BCUT2D eigenvalue weighted by atomic mass is 9.60. The van der Waals surface area contributed by atoms with Gasteiger partial charge in [0.15, 0.2) is 5.96 Å². The Morgan fingerprint density at radius 1 is 1.22 bits per heavy atom. The number of piperidine rings is 1. The van der Waals surface area contributed by atoms with Crippen LogP contribution < -0.4 is 10.6 Å². The van der Waals surface area contributed by atoms with Crippen molar-refractivity contribution in [2.24, 2.45) is 10.4 Å². The SMILES string of the molecule is C=CCN1CCC(NC(=NCC)NC2CC(OCC)C23CCCC3)CC1.I. The van der Waals surface area contributed by atoms with Gasteiger partial charge in [0.05, 0.1) is 6.10 Å². The summed E-state index contributed by atoms with van der Waals surface area (Å²) >= 11 is 0. The van der Waals surface area contributed by atoms with Crippen LogP contribution in [0.2, 0.25) is 0 Å². The second kappa shape index (κ2) is 11.0. The van der Waals surface area contributed by atoms with Gasteiger partial charge in [-0.05, 0) is 46.0 Å². The maximum Gasteiger partial charge on any atom is 0.191 e. The van der Waals surface area contributed by atoms with Crippen molar-refractivity contribution in [3.05, 3.63) is 12.7 Å². The Hall–Kier alpha value is -0.340. The monoisotopic (exact) mass is 490 g/mol. The summed E-state index contributed by atoms with van der Waals surface area (Å²) in [6.07, 6.45) is 11.2. The van der Waals surface area contributed by atoms with Crippen LogP contribution >= 0.6 is 24.0 Å². The first-order chi connectivity index (χ1) is 12.7. The summed E-state index contributed by atoms with van der Waals surface area (Å²) in [6, 6.07) is 1.04. The van der Waals surface area contributed by atoms with E-state index in [4.69, 9.17) is 9.73 Å². The highest BCUT2D eigenvalue weighted by Gasteiger charge is 2.57. The van der Waals surface area contributed by atoms with Crippen molar-refractivity contribution in [1.29, 1.82) is 0 Å². The van der Waals surface area contributed by atoms with E-state index in [2.05, 4.69) is 36.0 Å². The molecule has 2 unspecified atom stereocenters. The van der Waals surface area contributed by atoms with Gasteiger partial charge in [0.1, 0.15) is 0 Å². The minimum Gasteiger partial charge on any atom is -0.378 e. The maximum atomic E-state index is 6.06. The quantitative estimate of drug-likeness (QED) is 0.248. The Balaban J connectivity index is 0.00000261. The first-order valence-corrected chi connectivity index (χ1v) is 10.7. The summed E-state index contributed by atoms with van der Waals surface area (Å²) < 4.78 is 6.06. The molecule has 0 aromatic carbocycles. The molecule has 1 heterocycles. The van der Waals surface area contributed by atoms with E-state index in [0.29, 0.717) is 23.6 Å². The van der Waals surface area contributed by atoms with Crippen molar-refractivity contribution in [1.82, 2.24) is 15.5 Å². The highest BCUT2D eigenvalue weighted by atomic mass is 127. The average molecular weight is 490 g/mol. The maximum absolute atomic E-state index is 6.06. The molecule has 27 heavy (non-hydrogen) atoms. The van der Waals surface area contributed by atoms with Gasteiger partial charge < -0.3 is 15.4 Å². The van der Waals surface area contributed by atoms with Crippen LogP contribution in [0, 0.1) is 5.41 Å². The zero-order chi connectivity index (χ0) is 18.4. The first-order valence-electron chi connectivity index (χ1n) is 10.7. The van der Waals surface area contributed by atoms with Crippen LogP contribution in [0.4, 0.5) is 0 Å². The molecule has 1 aliphatic heterocycles.